The zero-order chi connectivity index (χ0) is 14.5. The van der Waals surface area contributed by atoms with Crippen molar-refractivity contribution in [2.24, 2.45) is 0 Å². The molecule has 1 amide bonds. The Hall–Kier alpha value is -1.20. The van der Waals surface area contributed by atoms with Crippen LogP contribution >= 0.6 is 11.8 Å². The van der Waals surface area contributed by atoms with Gasteiger partial charge in [-0.1, -0.05) is 6.07 Å². The van der Waals surface area contributed by atoms with E-state index in [-0.39, 0.29) is 11.9 Å². The van der Waals surface area contributed by atoms with Gasteiger partial charge in [0.25, 0.3) is 0 Å². The first-order chi connectivity index (χ1) is 9.56. The first-order valence-electron chi connectivity index (χ1n) is 6.83. The van der Waals surface area contributed by atoms with Gasteiger partial charge in [0.15, 0.2) is 0 Å². The standard InChI is InChI=1S/C15H22N2O2S/c1-11-6-12(2)8-13(7-11)19-5-4-17(3)15(18)14-9-20-10-16-14/h6-8,14,16H,4-5,9-10H2,1-3H3. The average Bonchev–Trinajstić information content (AvgIpc) is 2.90. The van der Waals surface area contributed by atoms with E-state index in [4.69, 9.17) is 4.74 Å². The molecule has 1 saturated heterocycles. The largest absolute Gasteiger partial charge is 0.492 e. The van der Waals surface area contributed by atoms with Crippen molar-refractivity contribution in [3.05, 3.63) is 29.3 Å². The molecule has 20 heavy (non-hydrogen) atoms. The van der Waals surface area contributed by atoms with Gasteiger partial charge >= 0.3 is 0 Å². The highest BCUT2D eigenvalue weighted by Gasteiger charge is 2.25. The number of likely N-dealkylation sites (N-methyl/N-ethyl adjacent to an activating group) is 1. The molecule has 0 saturated carbocycles. The molecule has 1 aromatic rings. The van der Waals surface area contributed by atoms with Gasteiger partial charge in [-0.2, -0.15) is 0 Å². The van der Waals surface area contributed by atoms with Crippen LogP contribution < -0.4 is 10.1 Å². The Bertz CT molecular complexity index is 453. The molecule has 1 atom stereocenters. The number of nitrogens with zero attached hydrogens (tertiary/aromatic N) is 1. The Balaban J connectivity index is 1.78. The van der Waals surface area contributed by atoms with Gasteiger partial charge < -0.3 is 9.64 Å². The maximum Gasteiger partial charge on any atom is 0.240 e. The summed E-state index contributed by atoms with van der Waals surface area (Å²) >= 11 is 1.76. The normalized spacial score (nSPS) is 18.1. The lowest BCUT2D eigenvalue weighted by Gasteiger charge is -2.21. The molecule has 1 N–H and O–H groups in total. The topological polar surface area (TPSA) is 41.6 Å². The highest BCUT2D eigenvalue weighted by atomic mass is 32.2. The Labute approximate surface area is 124 Å². The highest BCUT2D eigenvalue weighted by Crippen LogP contribution is 2.16. The SMILES string of the molecule is Cc1cc(C)cc(OCCN(C)C(=O)C2CSCN2)c1. The molecule has 0 aromatic heterocycles. The summed E-state index contributed by atoms with van der Waals surface area (Å²) in [6, 6.07) is 6.12. The fraction of sp³-hybridized carbons (Fsp3) is 0.533. The molecule has 1 aromatic carbocycles. The van der Waals surface area contributed by atoms with Gasteiger partial charge in [0.1, 0.15) is 12.4 Å². The third-order valence-corrected chi connectivity index (χ3v) is 4.22. The van der Waals surface area contributed by atoms with Crippen LogP contribution in [0.4, 0.5) is 0 Å². The molecule has 1 aliphatic rings. The summed E-state index contributed by atoms with van der Waals surface area (Å²) in [7, 11) is 1.83. The molecular formula is C15H22N2O2S. The van der Waals surface area contributed by atoms with Crippen LogP contribution in [-0.4, -0.2) is 48.7 Å². The van der Waals surface area contributed by atoms with Crippen molar-refractivity contribution < 1.29 is 9.53 Å². The predicted molar refractivity (Wildman–Crippen MR) is 83.3 cm³/mol. The summed E-state index contributed by atoms with van der Waals surface area (Å²) in [6.45, 7) is 5.23. The van der Waals surface area contributed by atoms with Gasteiger partial charge in [0.05, 0.1) is 12.6 Å². The summed E-state index contributed by atoms with van der Waals surface area (Å²) in [4.78, 5) is 13.8. The fourth-order valence-electron chi connectivity index (χ4n) is 2.25. The molecule has 110 valence electrons. The number of carbonyl (C=O) groups is 1. The van der Waals surface area contributed by atoms with E-state index < -0.39 is 0 Å². The summed E-state index contributed by atoms with van der Waals surface area (Å²) in [5.41, 5.74) is 2.38. The van der Waals surface area contributed by atoms with E-state index in [1.807, 2.05) is 19.2 Å². The Morgan fingerprint density at radius 3 is 2.70 bits per heavy atom. The second-order valence-electron chi connectivity index (χ2n) is 5.20. The number of thioether (sulfide) groups is 1. The lowest BCUT2D eigenvalue weighted by Crippen LogP contribution is -2.44. The molecule has 2 rings (SSSR count). The molecule has 4 nitrogen and oxygen atoms in total. The van der Waals surface area contributed by atoms with Crippen LogP contribution in [-0.2, 0) is 4.79 Å². The van der Waals surface area contributed by atoms with Crippen molar-refractivity contribution in [3.63, 3.8) is 0 Å². The number of ether oxygens (including phenoxy) is 1. The van der Waals surface area contributed by atoms with Crippen molar-refractivity contribution >= 4 is 17.7 Å². The van der Waals surface area contributed by atoms with Gasteiger partial charge in [-0.25, -0.2) is 0 Å². The number of aryl methyl sites for hydroxylation is 2. The summed E-state index contributed by atoms with van der Waals surface area (Å²) in [5, 5.41) is 3.19. The van der Waals surface area contributed by atoms with Crippen LogP contribution in [0, 0.1) is 13.8 Å². The number of nitrogens with one attached hydrogen (secondary N) is 1. The molecule has 0 spiro atoms. The minimum atomic E-state index is -0.0359. The van der Waals surface area contributed by atoms with E-state index in [1.54, 1.807) is 16.7 Å². The van der Waals surface area contributed by atoms with Gasteiger partial charge in [-0.15, -0.1) is 11.8 Å². The molecule has 0 bridgehead atoms. The Morgan fingerprint density at radius 2 is 2.10 bits per heavy atom. The van der Waals surface area contributed by atoms with Crippen molar-refractivity contribution in [3.8, 4) is 5.75 Å². The second kappa shape index (κ2) is 6.99. The summed E-state index contributed by atoms with van der Waals surface area (Å²) in [6.07, 6.45) is 0. The van der Waals surface area contributed by atoms with Crippen LogP contribution in [0.3, 0.4) is 0 Å². The molecule has 5 heteroatoms. The lowest BCUT2D eigenvalue weighted by atomic mass is 10.1. The zero-order valence-electron chi connectivity index (χ0n) is 12.3. The third-order valence-electron chi connectivity index (χ3n) is 3.28. The van der Waals surface area contributed by atoms with Crippen molar-refractivity contribution in [1.29, 1.82) is 0 Å². The lowest BCUT2D eigenvalue weighted by molar-refractivity contribution is -0.131. The van der Waals surface area contributed by atoms with Crippen molar-refractivity contribution in [2.45, 2.75) is 19.9 Å². The number of carbonyl (C=O) groups excluding carboxylic acids is 1. The summed E-state index contributed by atoms with van der Waals surface area (Å²) < 4.78 is 5.73. The van der Waals surface area contributed by atoms with Crippen LogP contribution in [0.15, 0.2) is 18.2 Å². The van der Waals surface area contributed by atoms with Crippen LogP contribution in [0.25, 0.3) is 0 Å². The maximum atomic E-state index is 12.1. The average molecular weight is 294 g/mol. The molecule has 1 unspecified atom stereocenters. The molecule has 0 aliphatic carbocycles. The fourth-order valence-corrected chi connectivity index (χ4v) is 3.18. The number of amides is 1. The van der Waals surface area contributed by atoms with Crippen molar-refractivity contribution in [1.82, 2.24) is 10.2 Å². The minimum Gasteiger partial charge on any atom is -0.492 e. The minimum absolute atomic E-state index is 0.0359. The van der Waals surface area contributed by atoms with E-state index >= 15 is 0 Å². The zero-order valence-corrected chi connectivity index (χ0v) is 13.1. The molecule has 0 radical (unpaired) electrons. The predicted octanol–water partition coefficient (Wildman–Crippen LogP) is 1.80. The number of rotatable bonds is 5. The van der Waals surface area contributed by atoms with Gasteiger partial charge in [0.2, 0.25) is 5.91 Å². The van der Waals surface area contributed by atoms with E-state index in [2.05, 4.69) is 25.2 Å². The Kier molecular flexibility index (Phi) is 5.31. The van der Waals surface area contributed by atoms with Gasteiger partial charge in [0, 0.05) is 18.7 Å². The van der Waals surface area contributed by atoms with E-state index in [1.165, 1.54) is 11.1 Å². The first kappa shape index (κ1) is 15.2. The summed E-state index contributed by atoms with van der Waals surface area (Å²) in [5.74, 6) is 2.75. The highest BCUT2D eigenvalue weighted by molar-refractivity contribution is 7.99. The van der Waals surface area contributed by atoms with E-state index in [0.29, 0.717) is 13.2 Å². The van der Waals surface area contributed by atoms with Crippen LogP contribution in [0.1, 0.15) is 11.1 Å². The third kappa shape index (κ3) is 4.15. The van der Waals surface area contributed by atoms with Crippen LogP contribution in [0.5, 0.6) is 5.75 Å². The van der Waals surface area contributed by atoms with Gasteiger partial charge in [-0.3, -0.25) is 10.1 Å². The van der Waals surface area contributed by atoms with Crippen LogP contribution in [0.2, 0.25) is 0 Å². The molecule has 1 aliphatic heterocycles. The Morgan fingerprint density at radius 1 is 1.40 bits per heavy atom. The van der Waals surface area contributed by atoms with Gasteiger partial charge in [-0.05, 0) is 37.1 Å². The monoisotopic (exact) mass is 294 g/mol. The number of benzene rings is 1. The molecule has 1 fully saturated rings. The smallest absolute Gasteiger partial charge is 0.240 e. The molecular weight excluding hydrogens is 272 g/mol. The molecule has 1 heterocycles. The quantitative estimate of drug-likeness (QED) is 0.899. The first-order valence-corrected chi connectivity index (χ1v) is 7.99. The van der Waals surface area contributed by atoms with E-state index in [9.17, 15) is 4.79 Å². The van der Waals surface area contributed by atoms with E-state index in [0.717, 1.165) is 17.4 Å². The van der Waals surface area contributed by atoms with Crippen molar-refractivity contribution in [2.75, 3.05) is 31.8 Å². The maximum absolute atomic E-state index is 12.1. The number of hydrogen-bond donors (Lipinski definition) is 1. The number of hydrogen-bond acceptors (Lipinski definition) is 4. The second-order valence-corrected chi connectivity index (χ2v) is 6.23.